The van der Waals surface area contributed by atoms with Gasteiger partial charge in [0.2, 0.25) is 0 Å². The number of nitriles is 1. The summed E-state index contributed by atoms with van der Waals surface area (Å²) in [4.78, 5) is 13.5. The minimum Gasteiger partial charge on any atom is -0.444 e. The SMILES string of the molecule is CC.N#CCN(C1=C(N)CCC1)c1ccc(NC(=O)OCc2ccccc2)c(C(F)(F)F)c1. The first kappa shape index (κ1) is 25.6. The molecule has 0 fully saturated rings. The summed E-state index contributed by atoms with van der Waals surface area (Å²) in [5, 5.41) is 11.3. The third-order valence-electron chi connectivity index (χ3n) is 4.85. The van der Waals surface area contributed by atoms with E-state index in [4.69, 9.17) is 15.7 Å². The zero-order valence-electron chi connectivity index (χ0n) is 18.6. The van der Waals surface area contributed by atoms with Crippen LogP contribution in [0.15, 0.2) is 59.9 Å². The fraction of sp³-hybridized carbons (Fsp3) is 0.333. The molecule has 3 rings (SSSR count). The summed E-state index contributed by atoms with van der Waals surface area (Å²) in [6.07, 6.45) is -3.73. The Morgan fingerprint density at radius 1 is 1.18 bits per heavy atom. The van der Waals surface area contributed by atoms with Crippen LogP contribution in [-0.4, -0.2) is 12.6 Å². The van der Waals surface area contributed by atoms with Gasteiger partial charge in [-0.25, -0.2) is 4.79 Å². The maximum absolute atomic E-state index is 13.7. The maximum atomic E-state index is 13.7. The summed E-state index contributed by atoms with van der Waals surface area (Å²) in [5.41, 5.74) is 6.61. The molecule has 2 aromatic carbocycles. The lowest BCUT2D eigenvalue weighted by atomic mass is 10.1. The van der Waals surface area contributed by atoms with E-state index in [9.17, 15) is 18.0 Å². The van der Waals surface area contributed by atoms with E-state index < -0.39 is 23.5 Å². The third kappa shape index (κ3) is 6.91. The van der Waals surface area contributed by atoms with Crippen LogP contribution in [0.2, 0.25) is 0 Å². The van der Waals surface area contributed by atoms with Crippen molar-refractivity contribution in [2.75, 3.05) is 16.8 Å². The largest absolute Gasteiger partial charge is 0.444 e. The van der Waals surface area contributed by atoms with Crippen LogP contribution in [0.1, 0.15) is 44.2 Å². The smallest absolute Gasteiger partial charge is 0.418 e. The molecule has 1 aliphatic carbocycles. The van der Waals surface area contributed by atoms with Crippen molar-refractivity contribution >= 4 is 17.5 Å². The van der Waals surface area contributed by atoms with Crippen LogP contribution in [0.4, 0.5) is 29.3 Å². The first-order valence-electron chi connectivity index (χ1n) is 10.6. The number of nitrogens with one attached hydrogen (secondary N) is 1. The van der Waals surface area contributed by atoms with Gasteiger partial charge in [-0.2, -0.15) is 18.4 Å². The highest BCUT2D eigenvalue weighted by Gasteiger charge is 2.35. The molecule has 0 unspecified atom stereocenters. The lowest BCUT2D eigenvalue weighted by Gasteiger charge is -2.25. The molecule has 0 saturated heterocycles. The van der Waals surface area contributed by atoms with Crippen LogP contribution >= 0.6 is 0 Å². The van der Waals surface area contributed by atoms with Crippen molar-refractivity contribution in [3.8, 4) is 6.07 Å². The number of allylic oxidation sites excluding steroid dienone is 2. The molecule has 0 bridgehead atoms. The Morgan fingerprint density at radius 3 is 2.45 bits per heavy atom. The van der Waals surface area contributed by atoms with E-state index in [1.54, 1.807) is 30.3 Å². The van der Waals surface area contributed by atoms with Crippen molar-refractivity contribution in [2.24, 2.45) is 5.73 Å². The van der Waals surface area contributed by atoms with E-state index >= 15 is 0 Å². The van der Waals surface area contributed by atoms with Gasteiger partial charge in [-0.05, 0) is 43.0 Å². The second-order valence-corrected chi connectivity index (χ2v) is 6.98. The number of nitrogens with zero attached hydrogens (tertiary/aromatic N) is 2. The predicted octanol–water partition coefficient (Wildman–Crippen LogP) is 6.16. The lowest BCUT2D eigenvalue weighted by molar-refractivity contribution is -0.136. The number of benzene rings is 2. The highest BCUT2D eigenvalue weighted by molar-refractivity contribution is 5.86. The quantitative estimate of drug-likeness (QED) is 0.504. The summed E-state index contributed by atoms with van der Waals surface area (Å²) in [6.45, 7) is 3.79. The molecule has 1 aliphatic rings. The number of ether oxygens (including phenoxy) is 1. The number of carbonyl (C=O) groups is 1. The van der Waals surface area contributed by atoms with Gasteiger partial charge in [0.1, 0.15) is 13.2 Å². The summed E-state index contributed by atoms with van der Waals surface area (Å²) in [7, 11) is 0. The number of anilines is 2. The Kier molecular flexibility index (Phi) is 9.16. The van der Waals surface area contributed by atoms with Gasteiger partial charge in [0.25, 0.3) is 0 Å². The molecule has 0 aromatic heterocycles. The van der Waals surface area contributed by atoms with E-state index in [-0.39, 0.29) is 18.8 Å². The number of halogens is 3. The van der Waals surface area contributed by atoms with Crippen LogP contribution in [0.5, 0.6) is 0 Å². The molecular formula is C24H27F3N4O2. The molecular weight excluding hydrogens is 433 g/mol. The molecule has 0 heterocycles. The van der Waals surface area contributed by atoms with E-state index in [1.807, 2.05) is 19.9 Å². The lowest BCUT2D eigenvalue weighted by Crippen LogP contribution is -2.25. The summed E-state index contributed by atoms with van der Waals surface area (Å²) >= 11 is 0. The summed E-state index contributed by atoms with van der Waals surface area (Å²) in [6, 6.07) is 14.2. The third-order valence-corrected chi connectivity index (χ3v) is 4.85. The van der Waals surface area contributed by atoms with Crippen LogP contribution in [0, 0.1) is 11.3 Å². The van der Waals surface area contributed by atoms with Crippen LogP contribution < -0.4 is 16.0 Å². The fourth-order valence-electron chi connectivity index (χ4n) is 3.39. The molecule has 33 heavy (non-hydrogen) atoms. The Hall–Kier alpha value is -3.67. The van der Waals surface area contributed by atoms with Gasteiger partial charge in [0, 0.05) is 17.1 Å². The van der Waals surface area contributed by atoms with Gasteiger partial charge in [0.15, 0.2) is 0 Å². The molecule has 176 valence electrons. The summed E-state index contributed by atoms with van der Waals surface area (Å²) < 4.78 is 46.2. The first-order valence-corrected chi connectivity index (χ1v) is 10.6. The standard InChI is InChI=1S/C22H21F3N4O2.C2H6/c23-22(24,25)17-13-16(29(12-11-26)20-8-4-7-18(20)27)9-10-19(17)28-21(30)31-14-15-5-2-1-3-6-15;1-2/h1-3,5-6,9-10,13H,4,7-8,12,14,27H2,(H,28,30);1-2H3. The number of amides is 1. The van der Waals surface area contributed by atoms with Crippen LogP contribution in [0.25, 0.3) is 0 Å². The predicted molar refractivity (Wildman–Crippen MR) is 121 cm³/mol. The Morgan fingerprint density at radius 2 is 1.88 bits per heavy atom. The highest BCUT2D eigenvalue weighted by Crippen LogP contribution is 2.39. The fourth-order valence-corrected chi connectivity index (χ4v) is 3.39. The normalized spacial score (nSPS) is 13.0. The molecule has 6 nitrogen and oxygen atoms in total. The maximum Gasteiger partial charge on any atom is 0.418 e. The van der Waals surface area contributed by atoms with Gasteiger partial charge in [-0.3, -0.25) is 5.32 Å². The highest BCUT2D eigenvalue weighted by atomic mass is 19.4. The van der Waals surface area contributed by atoms with Gasteiger partial charge in [0.05, 0.1) is 17.3 Å². The molecule has 0 aliphatic heterocycles. The molecule has 9 heteroatoms. The molecule has 0 radical (unpaired) electrons. The van der Waals surface area contributed by atoms with Crippen molar-refractivity contribution in [2.45, 2.75) is 45.9 Å². The van der Waals surface area contributed by atoms with Crippen molar-refractivity contribution in [1.82, 2.24) is 0 Å². The van der Waals surface area contributed by atoms with Gasteiger partial charge in [-0.15, -0.1) is 0 Å². The number of alkyl halides is 3. The van der Waals surface area contributed by atoms with E-state index in [1.165, 1.54) is 11.0 Å². The average Bonchev–Trinajstić information content (AvgIpc) is 3.23. The molecule has 2 aromatic rings. The molecule has 0 atom stereocenters. The number of hydrogen-bond donors (Lipinski definition) is 2. The summed E-state index contributed by atoms with van der Waals surface area (Å²) in [5.74, 6) is 0. The number of rotatable bonds is 6. The van der Waals surface area contributed by atoms with Crippen molar-refractivity contribution in [3.63, 3.8) is 0 Å². The minimum atomic E-state index is -4.73. The Bertz CT molecular complexity index is 1010. The van der Waals surface area contributed by atoms with E-state index in [0.29, 0.717) is 29.8 Å². The zero-order valence-corrected chi connectivity index (χ0v) is 18.6. The van der Waals surface area contributed by atoms with Crippen LogP contribution in [-0.2, 0) is 17.5 Å². The van der Waals surface area contributed by atoms with E-state index in [2.05, 4.69) is 5.32 Å². The Labute approximate surface area is 191 Å². The molecule has 1 amide bonds. The average molecular weight is 461 g/mol. The van der Waals surface area contributed by atoms with Gasteiger partial charge < -0.3 is 15.4 Å². The van der Waals surface area contributed by atoms with E-state index in [0.717, 1.165) is 18.6 Å². The minimum absolute atomic E-state index is 0.0739. The first-order chi connectivity index (χ1) is 15.8. The zero-order chi connectivity index (χ0) is 24.4. The second-order valence-electron chi connectivity index (χ2n) is 6.98. The van der Waals surface area contributed by atoms with Gasteiger partial charge >= 0.3 is 12.3 Å². The van der Waals surface area contributed by atoms with Crippen LogP contribution in [0.3, 0.4) is 0 Å². The van der Waals surface area contributed by atoms with Gasteiger partial charge in [-0.1, -0.05) is 44.2 Å². The van der Waals surface area contributed by atoms with Crippen molar-refractivity contribution in [1.29, 1.82) is 5.26 Å². The monoisotopic (exact) mass is 460 g/mol. The number of nitrogens with two attached hydrogens (primary N) is 1. The number of carbonyl (C=O) groups excluding carboxylic acids is 1. The molecule has 3 N–H and O–H groups in total. The topological polar surface area (TPSA) is 91.4 Å². The number of hydrogen-bond acceptors (Lipinski definition) is 5. The molecule has 0 saturated carbocycles. The second kappa shape index (κ2) is 11.8. The van der Waals surface area contributed by atoms with Crippen molar-refractivity contribution < 1.29 is 22.7 Å². The molecule has 0 spiro atoms. The van der Waals surface area contributed by atoms with Crippen molar-refractivity contribution in [3.05, 3.63) is 71.1 Å². The Balaban J connectivity index is 0.00000187.